The van der Waals surface area contributed by atoms with E-state index in [4.69, 9.17) is 5.14 Å². The lowest BCUT2D eigenvalue weighted by molar-refractivity contribution is 0.250. The maximum atomic E-state index is 10.6. The number of rotatable bonds is 1. The first kappa shape index (κ1) is 9.38. The van der Waals surface area contributed by atoms with Crippen LogP contribution in [-0.2, 0) is 9.92 Å². The van der Waals surface area contributed by atoms with E-state index in [1.807, 2.05) is 0 Å². The first-order valence-electron chi connectivity index (χ1n) is 2.73. The molecule has 0 rings (SSSR count). The van der Waals surface area contributed by atoms with Crippen LogP contribution in [0.15, 0.2) is 4.36 Å². The molecule has 0 spiro atoms. The molecule has 0 aliphatic carbocycles. The fraction of sp³-hybridized carbons (Fsp3) is 0.750. The molecule has 3 N–H and O–H groups in total. The Morgan fingerprint density at radius 3 is 2.60 bits per heavy atom. The molecule has 0 saturated heterocycles. The molecule has 0 aliphatic rings. The summed E-state index contributed by atoms with van der Waals surface area (Å²) in [6.07, 6.45) is 1.20. The van der Waals surface area contributed by atoms with Gasteiger partial charge in [-0.1, -0.05) is 0 Å². The van der Waals surface area contributed by atoms with Crippen LogP contribution in [0.2, 0.25) is 0 Å². The van der Waals surface area contributed by atoms with E-state index in [2.05, 4.69) is 9.68 Å². The van der Waals surface area contributed by atoms with E-state index in [-0.39, 0.29) is 0 Å². The Labute approximate surface area is 60.3 Å². The number of amides is 2. The van der Waals surface area contributed by atoms with Gasteiger partial charge >= 0.3 is 6.03 Å². The van der Waals surface area contributed by atoms with Crippen molar-refractivity contribution in [1.82, 2.24) is 5.32 Å². The molecule has 0 aromatic heterocycles. The maximum Gasteiger partial charge on any atom is 0.350 e. The van der Waals surface area contributed by atoms with Crippen molar-refractivity contribution in [3.63, 3.8) is 0 Å². The van der Waals surface area contributed by atoms with E-state index < -0.39 is 15.9 Å². The topological polar surface area (TPSA) is 84.6 Å². The van der Waals surface area contributed by atoms with E-state index in [9.17, 15) is 9.00 Å². The monoisotopic (exact) mass is 165 g/mol. The fourth-order valence-electron chi connectivity index (χ4n) is 0.348. The van der Waals surface area contributed by atoms with E-state index in [1.54, 1.807) is 6.92 Å². The minimum atomic E-state index is -2.78. The number of hydrogen-bond acceptors (Lipinski definition) is 2. The molecule has 0 bridgehead atoms. The second kappa shape index (κ2) is 3.52. The highest BCUT2D eigenvalue weighted by atomic mass is 32.2. The van der Waals surface area contributed by atoms with Gasteiger partial charge < -0.3 is 5.32 Å². The van der Waals surface area contributed by atoms with Crippen molar-refractivity contribution >= 4 is 15.9 Å². The summed E-state index contributed by atoms with van der Waals surface area (Å²) in [4.78, 5) is 10.5. The van der Waals surface area contributed by atoms with Crippen LogP contribution in [-0.4, -0.2) is 23.0 Å². The second-order valence-corrected chi connectivity index (χ2v) is 3.69. The Morgan fingerprint density at radius 1 is 1.80 bits per heavy atom. The van der Waals surface area contributed by atoms with Gasteiger partial charge in [-0.3, -0.25) is 0 Å². The van der Waals surface area contributed by atoms with E-state index in [0.717, 1.165) is 0 Å². The van der Waals surface area contributed by atoms with Crippen molar-refractivity contribution in [1.29, 1.82) is 0 Å². The number of urea groups is 1. The van der Waals surface area contributed by atoms with Gasteiger partial charge in [-0.15, -0.1) is 4.36 Å². The lowest BCUT2D eigenvalue weighted by Crippen LogP contribution is -2.22. The highest BCUT2D eigenvalue weighted by Gasteiger charge is 1.96. The summed E-state index contributed by atoms with van der Waals surface area (Å²) in [5, 5.41) is 7.30. The van der Waals surface area contributed by atoms with Crippen LogP contribution < -0.4 is 10.5 Å². The molecule has 2 amide bonds. The lowest BCUT2D eigenvalue weighted by atomic mass is 10.7. The Kier molecular flexibility index (Phi) is 3.31. The molecule has 0 saturated carbocycles. The van der Waals surface area contributed by atoms with Gasteiger partial charge in [0.05, 0.1) is 0 Å². The van der Waals surface area contributed by atoms with Crippen LogP contribution in [0.1, 0.15) is 6.92 Å². The molecule has 6 heteroatoms. The predicted octanol–water partition coefficient (Wildman–Crippen LogP) is -0.313. The molecule has 0 aromatic rings. The quantitative estimate of drug-likeness (QED) is 0.558. The van der Waals surface area contributed by atoms with Gasteiger partial charge in [-0.25, -0.2) is 14.1 Å². The van der Waals surface area contributed by atoms with E-state index in [1.165, 1.54) is 6.26 Å². The normalized spacial score (nSPS) is 15.5. The molecule has 0 aliphatic heterocycles. The third kappa shape index (κ3) is 5.52. The third-order valence-corrected chi connectivity index (χ3v) is 1.12. The van der Waals surface area contributed by atoms with Crippen LogP contribution in [0.5, 0.6) is 0 Å². The van der Waals surface area contributed by atoms with Gasteiger partial charge in [0.15, 0.2) is 0 Å². The van der Waals surface area contributed by atoms with Crippen molar-refractivity contribution in [2.24, 2.45) is 9.50 Å². The minimum absolute atomic E-state index is 0.456. The summed E-state index contributed by atoms with van der Waals surface area (Å²) >= 11 is 0. The molecule has 10 heavy (non-hydrogen) atoms. The van der Waals surface area contributed by atoms with Gasteiger partial charge in [0.25, 0.3) is 0 Å². The minimum Gasteiger partial charge on any atom is -0.336 e. The summed E-state index contributed by atoms with van der Waals surface area (Å²) in [5.74, 6) is 0. The van der Waals surface area contributed by atoms with Crippen LogP contribution >= 0.6 is 0 Å². The number of carbonyl (C=O) groups is 1. The molecule has 0 aromatic carbocycles. The van der Waals surface area contributed by atoms with Crippen molar-refractivity contribution in [3.8, 4) is 0 Å². The molecule has 1 atom stereocenters. The Bertz CT molecular complexity index is 221. The Balaban J connectivity index is 4.16. The van der Waals surface area contributed by atoms with Gasteiger partial charge in [0.2, 0.25) is 0 Å². The Morgan fingerprint density at radius 2 is 2.30 bits per heavy atom. The fourth-order valence-corrected chi connectivity index (χ4v) is 0.742. The van der Waals surface area contributed by atoms with Crippen molar-refractivity contribution in [2.75, 3.05) is 12.8 Å². The number of carbonyl (C=O) groups excluding carboxylic acids is 1. The molecular weight excluding hydrogens is 154 g/mol. The highest BCUT2D eigenvalue weighted by molar-refractivity contribution is 7.90. The van der Waals surface area contributed by atoms with Gasteiger partial charge in [0, 0.05) is 12.8 Å². The number of nitrogens with two attached hydrogens (primary N) is 1. The summed E-state index contributed by atoms with van der Waals surface area (Å²) in [7, 11) is -2.78. The summed E-state index contributed by atoms with van der Waals surface area (Å²) < 4.78 is 13.8. The summed E-state index contributed by atoms with van der Waals surface area (Å²) in [6, 6.07) is -0.627. The van der Waals surface area contributed by atoms with Crippen molar-refractivity contribution in [2.45, 2.75) is 6.92 Å². The van der Waals surface area contributed by atoms with Gasteiger partial charge in [-0.2, -0.15) is 0 Å². The lowest BCUT2D eigenvalue weighted by Gasteiger charge is -1.95. The summed E-state index contributed by atoms with van der Waals surface area (Å²) in [6.45, 7) is 2.19. The molecule has 0 heterocycles. The first-order chi connectivity index (χ1) is 4.45. The average molecular weight is 165 g/mol. The third-order valence-electron chi connectivity index (χ3n) is 0.592. The van der Waals surface area contributed by atoms with Crippen LogP contribution in [0.4, 0.5) is 4.79 Å². The number of nitrogens with zero attached hydrogens (tertiary/aromatic N) is 1. The maximum absolute atomic E-state index is 10.6. The van der Waals surface area contributed by atoms with Crippen LogP contribution in [0, 0.1) is 0 Å². The van der Waals surface area contributed by atoms with Crippen LogP contribution in [0.3, 0.4) is 0 Å². The summed E-state index contributed by atoms with van der Waals surface area (Å²) in [5.41, 5.74) is 0. The predicted molar refractivity (Wildman–Crippen MR) is 39.8 cm³/mol. The molecule has 60 valence electrons. The molecule has 0 radical (unpaired) electrons. The highest BCUT2D eigenvalue weighted by Crippen LogP contribution is 1.79. The SMILES string of the molecule is CCNC(=O)N=S(C)(N)=O. The molecule has 0 fully saturated rings. The van der Waals surface area contributed by atoms with Crippen molar-refractivity contribution < 1.29 is 9.00 Å². The Hall–Kier alpha value is -0.620. The smallest absolute Gasteiger partial charge is 0.336 e. The van der Waals surface area contributed by atoms with E-state index >= 15 is 0 Å². The molecular formula is C4H11N3O2S. The molecule has 5 nitrogen and oxygen atoms in total. The first-order valence-corrected chi connectivity index (χ1v) is 4.72. The van der Waals surface area contributed by atoms with Gasteiger partial charge in [0.1, 0.15) is 9.92 Å². The zero-order chi connectivity index (χ0) is 8.20. The van der Waals surface area contributed by atoms with E-state index in [0.29, 0.717) is 6.54 Å². The molecule has 1 unspecified atom stereocenters. The zero-order valence-corrected chi connectivity index (χ0v) is 6.77. The van der Waals surface area contributed by atoms with Crippen LogP contribution in [0.25, 0.3) is 0 Å². The zero-order valence-electron chi connectivity index (χ0n) is 5.96. The number of hydrogen-bond donors (Lipinski definition) is 2. The number of nitrogens with one attached hydrogen (secondary N) is 1. The average Bonchev–Trinajstić information content (AvgIpc) is 1.59. The van der Waals surface area contributed by atoms with Gasteiger partial charge in [-0.05, 0) is 6.92 Å². The standard InChI is InChI=1S/C4H11N3O2S/c1-3-6-4(8)7-10(2,5)9/h3H2,1-2H3,(H3,5,6,7,8,9). The second-order valence-electron chi connectivity index (χ2n) is 1.79. The van der Waals surface area contributed by atoms with Crippen molar-refractivity contribution in [3.05, 3.63) is 0 Å². The largest absolute Gasteiger partial charge is 0.350 e.